The number of hydrogen-bond acceptors (Lipinski definition) is 3. The van der Waals surface area contributed by atoms with Crippen molar-refractivity contribution in [2.24, 2.45) is 0 Å². The number of urea groups is 1. The van der Waals surface area contributed by atoms with Gasteiger partial charge < -0.3 is 20.4 Å². The normalized spacial score (nSPS) is 18.7. The predicted octanol–water partition coefficient (Wildman–Crippen LogP) is 1.63. The number of hydrogen-bond donors (Lipinski definition) is 3. The number of carboxylic acids is 1. The van der Waals surface area contributed by atoms with Crippen molar-refractivity contribution in [2.75, 3.05) is 13.2 Å². The molecule has 126 valence electrons. The molecule has 0 aliphatic carbocycles. The van der Waals surface area contributed by atoms with Crippen LogP contribution in [0.5, 0.6) is 0 Å². The first kappa shape index (κ1) is 17.3. The molecule has 0 radical (unpaired) electrons. The molecule has 1 fully saturated rings. The van der Waals surface area contributed by atoms with Crippen LogP contribution in [0.2, 0.25) is 0 Å². The maximum Gasteiger partial charge on any atom is 0.317 e. The highest BCUT2D eigenvalue weighted by atomic mass is 16.4. The van der Waals surface area contributed by atoms with E-state index in [9.17, 15) is 14.7 Å². The van der Waals surface area contributed by atoms with Gasteiger partial charge in [-0.2, -0.15) is 0 Å². The highest BCUT2D eigenvalue weighted by molar-refractivity contribution is 5.75. The zero-order valence-electron chi connectivity index (χ0n) is 13.1. The van der Waals surface area contributed by atoms with Crippen LogP contribution in [0, 0.1) is 0 Å². The summed E-state index contributed by atoms with van der Waals surface area (Å²) < 4.78 is 0. The number of rotatable bonds is 7. The van der Waals surface area contributed by atoms with Gasteiger partial charge in [0.05, 0.1) is 12.6 Å². The van der Waals surface area contributed by atoms with Crippen LogP contribution in [0.3, 0.4) is 0 Å². The first-order valence-corrected chi connectivity index (χ1v) is 8.04. The van der Waals surface area contributed by atoms with Crippen LogP contribution >= 0.6 is 0 Å². The molecule has 6 nitrogen and oxygen atoms in total. The molecule has 3 N–H and O–H groups in total. The van der Waals surface area contributed by atoms with Gasteiger partial charge in [0.25, 0.3) is 0 Å². The van der Waals surface area contributed by atoms with Gasteiger partial charge in [-0.25, -0.2) is 4.79 Å². The lowest BCUT2D eigenvalue weighted by Crippen LogP contribution is -2.48. The third-order valence-electron chi connectivity index (χ3n) is 4.21. The molecule has 1 saturated heterocycles. The summed E-state index contributed by atoms with van der Waals surface area (Å²) in [5.41, 5.74) is 1.06. The summed E-state index contributed by atoms with van der Waals surface area (Å²) in [6.07, 6.45) is 2.69. The molecule has 0 spiro atoms. The number of nitrogens with one attached hydrogen (secondary N) is 1. The van der Waals surface area contributed by atoms with Gasteiger partial charge >= 0.3 is 12.0 Å². The molecule has 2 rings (SSSR count). The van der Waals surface area contributed by atoms with Crippen molar-refractivity contribution >= 4 is 12.0 Å². The molecule has 2 unspecified atom stereocenters. The van der Waals surface area contributed by atoms with E-state index < -0.39 is 5.97 Å². The quantitative estimate of drug-likeness (QED) is 0.712. The summed E-state index contributed by atoms with van der Waals surface area (Å²) in [4.78, 5) is 24.9. The molecule has 23 heavy (non-hydrogen) atoms. The number of aliphatic hydroxyl groups is 1. The van der Waals surface area contributed by atoms with Crippen molar-refractivity contribution < 1.29 is 19.8 Å². The van der Waals surface area contributed by atoms with E-state index in [0.29, 0.717) is 19.4 Å². The number of carbonyl (C=O) groups excluding carboxylic acids is 1. The van der Waals surface area contributed by atoms with E-state index in [1.165, 1.54) is 0 Å². The molecule has 0 aromatic heterocycles. The fraction of sp³-hybridized carbons (Fsp3) is 0.529. The molecule has 2 atom stereocenters. The largest absolute Gasteiger partial charge is 0.481 e. The van der Waals surface area contributed by atoms with Crippen molar-refractivity contribution in [1.29, 1.82) is 0 Å². The summed E-state index contributed by atoms with van der Waals surface area (Å²) in [6, 6.07) is 9.12. The zero-order chi connectivity index (χ0) is 16.7. The van der Waals surface area contributed by atoms with Gasteiger partial charge in [-0.3, -0.25) is 4.79 Å². The van der Waals surface area contributed by atoms with Gasteiger partial charge in [0.1, 0.15) is 0 Å². The maximum absolute atomic E-state index is 12.4. The number of carbonyl (C=O) groups is 2. The number of aliphatic carboxylic acids is 1. The van der Waals surface area contributed by atoms with E-state index in [2.05, 4.69) is 5.32 Å². The minimum atomic E-state index is -0.869. The number of amides is 2. The van der Waals surface area contributed by atoms with Crippen LogP contribution in [0.25, 0.3) is 0 Å². The molecule has 2 amide bonds. The third-order valence-corrected chi connectivity index (χ3v) is 4.21. The van der Waals surface area contributed by atoms with Crippen LogP contribution in [0.4, 0.5) is 4.79 Å². The summed E-state index contributed by atoms with van der Waals surface area (Å²) in [6.45, 7) is 0.597. The number of nitrogens with zero attached hydrogens (tertiary/aromatic N) is 1. The van der Waals surface area contributed by atoms with Crippen LogP contribution in [0.1, 0.15) is 31.2 Å². The smallest absolute Gasteiger partial charge is 0.317 e. The van der Waals surface area contributed by atoms with Gasteiger partial charge in [0.2, 0.25) is 0 Å². The van der Waals surface area contributed by atoms with Crippen molar-refractivity contribution in [2.45, 2.75) is 44.2 Å². The second-order valence-electron chi connectivity index (χ2n) is 5.94. The predicted molar refractivity (Wildman–Crippen MR) is 86.1 cm³/mol. The summed E-state index contributed by atoms with van der Waals surface area (Å²) in [7, 11) is 0. The third kappa shape index (κ3) is 5.25. The van der Waals surface area contributed by atoms with Crippen molar-refractivity contribution in [3.05, 3.63) is 35.9 Å². The summed E-state index contributed by atoms with van der Waals surface area (Å²) >= 11 is 0. The Morgan fingerprint density at radius 1 is 1.30 bits per heavy atom. The van der Waals surface area contributed by atoms with E-state index in [4.69, 9.17) is 5.11 Å². The number of aliphatic hydroxyl groups excluding tert-OH is 1. The Morgan fingerprint density at radius 3 is 2.70 bits per heavy atom. The summed E-state index contributed by atoms with van der Waals surface area (Å²) in [5.74, 6) is -0.869. The van der Waals surface area contributed by atoms with E-state index in [1.807, 2.05) is 30.3 Å². The first-order valence-electron chi connectivity index (χ1n) is 8.04. The second-order valence-corrected chi connectivity index (χ2v) is 5.94. The van der Waals surface area contributed by atoms with Crippen LogP contribution < -0.4 is 5.32 Å². The molecule has 1 aromatic rings. The van der Waals surface area contributed by atoms with Gasteiger partial charge in [-0.15, -0.1) is 0 Å². The molecule has 1 heterocycles. The topological polar surface area (TPSA) is 89.9 Å². The Labute approximate surface area is 136 Å². The standard InChI is InChI=1S/C17H24N2O4/c20-12-15-7-4-10-19(15)17(23)18-14(8-9-16(21)22)11-13-5-2-1-3-6-13/h1-3,5-6,14-15,20H,4,7-12H2,(H,18,23)(H,21,22). The average Bonchev–Trinajstić information content (AvgIpc) is 3.02. The van der Waals surface area contributed by atoms with Gasteiger partial charge in [-0.05, 0) is 31.2 Å². The highest BCUT2D eigenvalue weighted by Crippen LogP contribution is 2.17. The van der Waals surface area contributed by atoms with E-state index >= 15 is 0 Å². The highest BCUT2D eigenvalue weighted by Gasteiger charge is 2.29. The summed E-state index contributed by atoms with van der Waals surface area (Å²) in [5, 5.41) is 21.2. The minimum Gasteiger partial charge on any atom is -0.481 e. The van der Waals surface area contributed by atoms with Crippen molar-refractivity contribution in [3.8, 4) is 0 Å². The lowest BCUT2D eigenvalue weighted by Gasteiger charge is -2.27. The molecule has 1 aliphatic heterocycles. The fourth-order valence-electron chi connectivity index (χ4n) is 2.97. The van der Waals surface area contributed by atoms with E-state index in [-0.39, 0.29) is 31.1 Å². The SMILES string of the molecule is O=C(O)CCC(Cc1ccccc1)NC(=O)N1CCCC1CO. The Morgan fingerprint density at radius 2 is 2.04 bits per heavy atom. The molecule has 0 bridgehead atoms. The van der Waals surface area contributed by atoms with Gasteiger partial charge in [0, 0.05) is 19.0 Å². The zero-order valence-corrected chi connectivity index (χ0v) is 13.1. The molecule has 1 aromatic carbocycles. The molecule has 1 aliphatic rings. The lowest BCUT2D eigenvalue weighted by molar-refractivity contribution is -0.137. The van der Waals surface area contributed by atoms with Crippen LogP contribution in [0.15, 0.2) is 30.3 Å². The lowest BCUT2D eigenvalue weighted by atomic mass is 10.0. The Balaban J connectivity index is 1.98. The van der Waals surface area contributed by atoms with Crippen LogP contribution in [-0.4, -0.2) is 52.3 Å². The number of benzene rings is 1. The van der Waals surface area contributed by atoms with Crippen LogP contribution in [-0.2, 0) is 11.2 Å². The average molecular weight is 320 g/mol. The molecular weight excluding hydrogens is 296 g/mol. The second kappa shape index (κ2) is 8.53. The first-order chi connectivity index (χ1) is 11.1. The van der Waals surface area contributed by atoms with E-state index in [0.717, 1.165) is 18.4 Å². The minimum absolute atomic E-state index is 0.0151. The van der Waals surface area contributed by atoms with Gasteiger partial charge in [0.15, 0.2) is 0 Å². The molecule has 6 heteroatoms. The Bertz CT molecular complexity index is 521. The van der Waals surface area contributed by atoms with Crippen molar-refractivity contribution in [1.82, 2.24) is 10.2 Å². The van der Waals surface area contributed by atoms with E-state index in [1.54, 1.807) is 4.90 Å². The number of carboxylic acid groups (broad SMARTS) is 1. The molecule has 0 saturated carbocycles. The maximum atomic E-state index is 12.4. The fourth-order valence-corrected chi connectivity index (χ4v) is 2.97. The van der Waals surface area contributed by atoms with Crippen molar-refractivity contribution in [3.63, 3.8) is 0 Å². The van der Waals surface area contributed by atoms with Gasteiger partial charge in [-0.1, -0.05) is 30.3 Å². The number of likely N-dealkylation sites (tertiary alicyclic amines) is 1. The monoisotopic (exact) mass is 320 g/mol. The molecular formula is C17H24N2O4. The Hall–Kier alpha value is -2.08. The Kier molecular flexibility index (Phi) is 6.40.